The minimum Gasteiger partial charge on any atom is -0.454 e. The number of carbonyl (C=O) groups is 2. The number of rotatable bonds is 47. The van der Waals surface area contributed by atoms with Crippen molar-refractivity contribution in [2.75, 3.05) is 13.2 Å². The predicted octanol–water partition coefficient (Wildman–Crippen LogP) is 13.3. The van der Waals surface area contributed by atoms with Crippen LogP contribution < -0.4 is 5.32 Å². The Morgan fingerprint density at radius 3 is 1.61 bits per heavy atom. The highest BCUT2D eigenvalue weighted by atomic mass is 16.7. The van der Waals surface area contributed by atoms with Gasteiger partial charge in [0.15, 0.2) is 12.4 Å². The number of hydrogen-bond acceptors (Lipinski definition) is 10. The van der Waals surface area contributed by atoms with Crippen molar-refractivity contribution in [2.45, 2.75) is 262 Å². The molecule has 6 N–H and O–H groups in total. The zero-order chi connectivity index (χ0) is 54.0. The predicted molar refractivity (Wildman–Crippen MR) is 305 cm³/mol. The van der Waals surface area contributed by atoms with Crippen molar-refractivity contribution in [2.24, 2.45) is 0 Å². The molecule has 0 bridgehead atoms. The molecule has 0 aromatic carbocycles. The zero-order valence-corrected chi connectivity index (χ0v) is 46.4. The molecule has 1 rings (SSSR count). The highest BCUT2D eigenvalue weighted by molar-refractivity contribution is 5.80. The third-order valence-corrected chi connectivity index (χ3v) is 13.0. The fourth-order valence-corrected chi connectivity index (χ4v) is 8.35. The summed E-state index contributed by atoms with van der Waals surface area (Å²) in [5.41, 5.74) is 0. The van der Waals surface area contributed by atoms with Crippen molar-refractivity contribution in [1.82, 2.24) is 5.32 Å². The summed E-state index contributed by atoms with van der Waals surface area (Å²) in [6.07, 6.45) is 57.0. The number of allylic oxidation sites excluding steroid dienone is 17. The Hall–Kier alpha value is -3.68. The van der Waals surface area contributed by atoms with E-state index >= 15 is 0 Å². The van der Waals surface area contributed by atoms with Crippen LogP contribution in [0.5, 0.6) is 0 Å². The van der Waals surface area contributed by atoms with Gasteiger partial charge in [-0.1, -0.05) is 226 Å². The number of nitrogens with one attached hydrogen (secondary N) is 1. The fraction of sp³-hybridized carbons (Fsp3) is 0.683. The molecule has 11 heteroatoms. The van der Waals surface area contributed by atoms with Crippen molar-refractivity contribution in [1.29, 1.82) is 0 Å². The van der Waals surface area contributed by atoms with Crippen molar-refractivity contribution in [3.8, 4) is 0 Å². The van der Waals surface area contributed by atoms with Crippen LogP contribution in [-0.2, 0) is 23.8 Å². The van der Waals surface area contributed by atoms with Crippen LogP contribution in [0.2, 0.25) is 0 Å². The zero-order valence-electron chi connectivity index (χ0n) is 46.4. The number of aliphatic hydroxyl groups excluding tert-OH is 5. The maximum atomic E-state index is 13.3. The maximum absolute atomic E-state index is 13.3. The lowest BCUT2D eigenvalue weighted by atomic mass is 9.99. The van der Waals surface area contributed by atoms with E-state index in [4.69, 9.17) is 14.2 Å². The van der Waals surface area contributed by atoms with Gasteiger partial charge in [0.25, 0.3) is 0 Å². The highest BCUT2D eigenvalue weighted by Crippen LogP contribution is 2.26. The van der Waals surface area contributed by atoms with Gasteiger partial charge in [-0.05, 0) is 89.9 Å². The summed E-state index contributed by atoms with van der Waals surface area (Å²) in [7, 11) is 0. The van der Waals surface area contributed by atoms with Crippen LogP contribution in [0.25, 0.3) is 0 Å². The first kappa shape index (κ1) is 68.3. The largest absolute Gasteiger partial charge is 0.454 e. The van der Waals surface area contributed by atoms with Gasteiger partial charge in [0.2, 0.25) is 5.91 Å². The molecular formula is C63H105NO10. The van der Waals surface area contributed by atoms with E-state index in [0.717, 1.165) is 96.3 Å². The molecule has 1 aliphatic heterocycles. The summed E-state index contributed by atoms with van der Waals surface area (Å²) in [4.78, 5) is 26.4. The molecule has 0 saturated carbocycles. The Morgan fingerprint density at radius 1 is 0.554 bits per heavy atom. The van der Waals surface area contributed by atoms with Crippen LogP contribution in [0.3, 0.4) is 0 Å². The number of hydrogen-bond donors (Lipinski definition) is 6. The lowest BCUT2D eigenvalue weighted by molar-refractivity contribution is -0.305. The second kappa shape index (κ2) is 50.2. The van der Waals surface area contributed by atoms with E-state index in [1.165, 1.54) is 70.6 Å². The van der Waals surface area contributed by atoms with E-state index in [0.29, 0.717) is 12.8 Å². The van der Waals surface area contributed by atoms with Gasteiger partial charge in [-0.2, -0.15) is 0 Å². The third-order valence-electron chi connectivity index (χ3n) is 13.0. The highest BCUT2D eigenvalue weighted by Gasteiger charge is 2.47. The van der Waals surface area contributed by atoms with Gasteiger partial charge >= 0.3 is 5.97 Å². The molecule has 0 radical (unpaired) electrons. The van der Waals surface area contributed by atoms with Gasteiger partial charge in [0, 0.05) is 6.42 Å². The molecule has 0 aliphatic carbocycles. The molecule has 0 spiro atoms. The molecule has 1 saturated heterocycles. The minimum absolute atomic E-state index is 0.0912. The normalized spacial score (nSPS) is 20.1. The number of esters is 1. The molecule has 0 aromatic rings. The molecule has 1 aliphatic rings. The summed E-state index contributed by atoms with van der Waals surface area (Å²) in [5.74, 6) is -1.26. The van der Waals surface area contributed by atoms with Gasteiger partial charge < -0.3 is 45.1 Å². The van der Waals surface area contributed by atoms with E-state index in [-0.39, 0.29) is 19.4 Å². The van der Waals surface area contributed by atoms with Crippen LogP contribution in [0.15, 0.2) is 109 Å². The van der Waals surface area contributed by atoms with Crippen LogP contribution in [0, 0.1) is 0 Å². The van der Waals surface area contributed by atoms with Crippen LogP contribution in [0.4, 0.5) is 0 Å². The van der Waals surface area contributed by atoms with Crippen molar-refractivity contribution < 1.29 is 49.3 Å². The van der Waals surface area contributed by atoms with Gasteiger partial charge in [-0.25, -0.2) is 0 Å². The van der Waals surface area contributed by atoms with Gasteiger partial charge in [-0.15, -0.1) is 0 Å². The molecule has 11 nitrogen and oxygen atoms in total. The number of carbonyl (C=O) groups excluding carboxylic acids is 2. The van der Waals surface area contributed by atoms with Gasteiger partial charge in [-0.3, -0.25) is 9.59 Å². The van der Waals surface area contributed by atoms with E-state index < -0.39 is 67.4 Å². The molecule has 422 valence electrons. The monoisotopic (exact) mass is 1040 g/mol. The quantitative estimate of drug-likeness (QED) is 0.0149. The summed E-state index contributed by atoms with van der Waals surface area (Å²) in [6, 6.07) is -1.05. The average Bonchev–Trinajstić information content (AvgIpc) is 3.40. The Balaban J connectivity index is 2.73. The molecule has 1 amide bonds. The first-order chi connectivity index (χ1) is 36.2. The van der Waals surface area contributed by atoms with E-state index in [2.05, 4.69) is 80.8 Å². The second-order valence-electron chi connectivity index (χ2n) is 19.7. The van der Waals surface area contributed by atoms with Crippen LogP contribution >= 0.6 is 0 Å². The van der Waals surface area contributed by atoms with Crippen molar-refractivity contribution >= 4 is 11.9 Å². The Bertz CT molecular complexity index is 1610. The number of ether oxygens (including phenoxy) is 3. The lowest BCUT2D eigenvalue weighted by Gasteiger charge is -2.41. The molecule has 8 atom stereocenters. The second-order valence-corrected chi connectivity index (χ2v) is 19.7. The Kier molecular flexibility index (Phi) is 46.3. The average molecular weight is 1040 g/mol. The molecule has 1 fully saturated rings. The first-order valence-electron chi connectivity index (χ1n) is 29.2. The smallest absolute Gasteiger partial charge is 0.306 e. The van der Waals surface area contributed by atoms with Gasteiger partial charge in [0.1, 0.15) is 24.4 Å². The molecule has 74 heavy (non-hydrogen) atoms. The van der Waals surface area contributed by atoms with Crippen molar-refractivity contribution in [3.05, 3.63) is 109 Å². The molecule has 8 unspecified atom stereocenters. The van der Waals surface area contributed by atoms with Gasteiger partial charge in [0.05, 0.1) is 25.4 Å². The summed E-state index contributed by atoms with van der Waals surface area (Å²) < 4.78 is 17.5. The lowest BCUT2D eigenvalue weighted by Crippen LogP contribution is -2.61. The van der Waals surface area contributed by atoms with Crippen molar-refractivity contribution in [3.63, 3.8) is 0 Å². The van der Waals surface area contributed by atoms with E-state index in [1.807, 2.05) is 48.6 Å². The topological polar surface area (TPSA) is 175 Å². The standard InChI is InChI=1S/C63H105NO10/c1-4-7-10-13-16-19-22-25-26-27-28-29-30-31-32-33-36-39-42-45-48-51-58(68)74-61-60(70)59(69)57(52-65)73-63(61)72-53-54(55(66)49-46-43-40-37-34-23-20-17-14-11-8-5-2)64-62(71)56(67)50-47-44-41-38-35-24-21-18-15-12-9-6-3/h9,12,15-16,18-19,21,24-26,28-29,31-32,35,38,46,49,54-57,59-61,63,65-67,69-70H,4-8,10-11,13-14,17,20,22-23,27,30,33-34,36-37,39-45,47-48,50-53H2,1-3H3,(H,64,71)/b12-9+,18-15+,19-16-,24-21-,26-25-,29-28-,32-31-,38-35-,49-46+. The molecular weight excluding hydrogens is 931 g/mol. The van der Waals surface area contributed by atoms with E-state index in [9.17, 15) is 35.1 Å². The first-order valence-corrected chi connectivity index (χ1v) is 29.2. The summed E-state index contributed by atoms with van der Waals surface area (Å²) in [5, 5.41) is 56.7. The summed E-state index contributed by atoms with van der Waals surface area (Å²) in [6.45, 7) is 5.55. The molecule has 0 aromatic heterocycles. The fourth-order valence-electron chi connectivity index (χ4n) is 8.35. The third kappa shape index (κ3) is 38.0. The van der Waals surface area contributed by atoms with Crippen LogP contribution in [-0.4, -0.2) is 99.6 Å². The number of amides is 1. The summed E-state index contributed by atoms with van der Waals surface area (Å²) >= 11 is 0. The Morgan fingerprint density at radius 2 is 1.03 bits per heavy atom. The SMILES string of the molecule is CC/C=C/C=C/C=C\C=C/CCCCC(O)C(=O)NC(COC1OC(CO)C(O)C(O)C1OC(=O)CCCCCCC/C=C\C/C=C\C/C=C\C/C=C\CCCCC)C(O)/C=C/CCCCCCCCCCCC. The van der Waals surface area contributed by atoms with E-state index in [1.54, 1.807) is 6.08 Å². The minimum atomic E-state index is -1.64. The maximum Gasteiger partial charge on any atom is 0.306 e. The molecule has 1 heterocycles. The Labute approximate surface area is 449 Å². The number of unbranched alkanes of at least 4 members (excludes halogenated alkanes) is 20. The number of aliphatic hydroxyl groups is 5. The van der Waals surface area contributed by atoms with Crippen LogP contribution in [0.1, 0.15) is 213 Å².